The number of nitrogens with zero attached hydrogens (tertiary/aromatic N) is 2. The molecule has 0 unspecified atom stereocenters. The van der Waals surface area contributed by atoms with E-state index in [1.54, 1.807) is 0 Å². The Morgan fingerprint density at radius 2 is 0.933 bits per heavy atom. The molecule has 1 aromatic heterocycles. The summed E-state index contributed by atoms with van der Waals surface area (Å²) in [4.78, 5) is 5.13. The Morgan fingerprint density at radius 1 is 0.483 bits per heavy atom. The van der Waals surface area contributed by atoms with Crippen LogP contribution in [-0.2, 0) is 32.5 Å². The number of hydrogen-bond donors (Lipinski definition) is 0. The van der Waals surface area contributed by atoms with Crippen LogP contribution in [0.2, 0.25) is 0 Å². The summed E-state index contributed by atoms with van der Waals surface area (Å²) in [5.41, 5.74) is 20.1. The summed E-state index contributed by atoms with van der Waals surface area (Å²) in [7, 11) is 0. The van der Waals surface area contributed by atoms with Crippen LogP contribution in [-0.4, -0.2) is 6.71 Å². The molecule has 4 heteroatoms. The summed E-state index contributed by atoms with van der Waals surface area (Å²) in [6.07, 6.45) is 2.32. The Kier molecular flexibility index (Phi) is 8.76. The number of hydrogen-bond acceptors (Lipinski definition) is 3. The van der Waals surface area contributed by atoms with Gasteiger partial charge in [0, 0.05) is 33.8 Å². The maximum Gasteiger partial charge on any atom is 0.297 e. The fourth-order valence-corrected chi connectivity index (χ4v) is 10.2. The fourth-order valence-electron chi connectivity index (χ4n) is 10.2. The van der Waals surface area contributed by atoms with Gasteiger partial charge < -0.3 is 14.2 Å². The summed E-state index contributed by atoms with van der Waals surface area (Å²) in [5, 5.41) is 1.21. The summed E-state index contributed by atoms with van der Waals surface area (Å²) >= 11 is 0. The Hall–Kier alpha value is -4.70. The van der Waals surface area contributed by atoms with Crippen molar-refractivity contribution in [1.82, 2.24) is 0 Å². The van der Waals surface area contributed by atoms with Crippen LogP contribution >= 0.6 is 0 Å². The number of rotatable bonds is 2. The Morgan fingerprint density at radius 3 is 1.43 bits per heavy atom. The molecule has 0 saturated heterocycles. The van der Waals surface area contributed by atoms with E-state index in [0.717, 1.165) is 29.8 Å². The third-order valence-electron chi connectivity index (χ3n) is 14.3. The van der Waals surface area contributed by atoms with Gasteiger partial charge in [0.2, 0.25) is 0 Å². The van der Waals surface area contributed by atoms with Crippen molar-refractivity contribution < 1.29 is 4.42 Å². The lowest BCUT2D eigenvalue weighted by Gasteiger charge is -2.44. The van der Waals surface area contributed by atoms with Crippen molar-refractivity contribution in [3.8, 4) is 0 Å². The Bertz CT molecular complexity index is 2680. The highest BCUT2D eigenvalue weighted by molar-refractivity contribution is 7.00. The van der Waals surface area contributed by atoms with Crippen molar-refractivity contribution in [1.29, 1.82) is 0 Å². The highest BCUT2D eigenvalue weighted by Crippen LogP contribution is 2.52. The van der Waals surface area contributed by atoms with Crippen molar-refractivity contribution in [2.75, 3.05) is 9.80 Å². The van der Waals surface area contributed by atoms with E-state index >= 15 is 0 Å². The number of fused-ring (bicyclic) bond motifs is 7. The molecule has 3 nitrogen and oxygen atoms in total. The lowest BCUT2D eigenvalue weighted by atomic mass is 9.35. The van der Waals surface area contributed by atoms with Crippen LogP contribution in [0.4, 0.5) is 34.1 Å². The van der Waals surface area contributed by atoms with Crippen molar-refractivity contribution in [2.45, 2.75) is 156 Å². The highest BCUT2D eigenvalue weighted by atomic mass is 16.3. The largest absolute Gasteiger partial charge is 0.468 e. The number of benzene rings is 5. The van der Waals surface area contributed by atoms with Gasteiger partial charge in [-0.3, -0.25) is 0 Å². The zero-order valence-electron chi connectivity index (χ0n) is 39.5. The summed E-state index contributed by atoms with van der Waals surface area (Å²) in [6.45, 7) is 37.5. The highest BCUT2D eigenvalue weighted by Gasteiger charge is 2.48. The topological polar surface area (TPSA) is 19.6 Å². The minimum absolute atomic E-state index is 0.0319. The van der Waals surface area contributed by atoms with Gasteiger partial charge in [0.05, 0.1) is 11.3 Å². The molecule has 9 rings (SSSR count). The molecule has 0 N–H and O–H groups in total. The first kappa shape index (κ1) is 40.7. The second kappa shape index (κ2) is 12.9. The van der Waals surface area contributed by atoms with Crippen molar-refractivity contribution in [3.63, 3.8) is 0 Å². The van der Waals surface area contributed by atoms with Gasteiger partial charge in [-0.15, -0.1) is 0 Å². The van der Waals surface area contributed by atoms with Crippen LogP contribution in [0.3, 0.4) is 0 Å². The molecule has 3 heterocycles. The molecule has 0 bridgehead atoms. The van der Waals surface area contributed by atoms with E-state index in [1.807, 2.05) is 0 Å². The number of furan rings is 1. The third kappa shape index (κ3) is 6.37. The van der Waals surface area contributed by atoms with E-state index in [9.17, 15) is 0 Å². The van der Waals surface area contributed by atoms with Crippen LogP contribution < -0.4 is 26.4 Å². The predicted octanol–water partition coefficient (Wildman–Crippen LogP) is 14.1. The molecule has 3 aliphatic rings. The van der Waals surface area contributed by atoms with Crippen molar-refractivity contribution in [3.05, 3.63) is 124 Å². The van der Waals surface area contributed by atoms with Gasteiger partial charge in [0.1, 0.15) is 5.58 Å². The van der Waals surface area contributed by atoms with Crippen LogP contribution in [0, 0.1) is 0 Å². The van der Waals surface area contributed by atoms with E-state index < -0.39 is 0 Å². The van der Waals surface area contributed by atoms with Gasteiger partial charge in [0.15, 0.2) is 0 Å². The van der Waals surface area contributed by atoms with Crippen molar-refractivity contribution >= 4 is 68.4 Å². The summed E-state index contributed by atoms with van der Waals surface area (Å²) in [6, 6.07) is 35.9. The molecule has 1 aliphatic carbocycles. The standard InChI is InChI=1S/C56H67BN2O/c1-51(2,3)34-17-22-38(23-18-34)58-44-26-21-36(53(7,8)9)29-43(44)57-48-45(58)30-37(54(10,11)12)31-46(48)59(39-24-19-35(20-25-39)52(4,5)6)49-40-32-41-42(33-47(40)60-50(49)57)56(15,16)28-27-55(41,13)14/h17-26,29-33H,27-28H2,1-16H3. The van der Waals surface area contributed by atoms with Gasteiger partial charge in [-0.25, -0.2) is 0 Å². The Labute approximate surface area is 361 Å². The summed E-state index contributed by atoms with van der Waals surface area (Å²) in [5.74, 6) is 0. The molecular formula is C56H67BN2O. The minimum atomic E-state index is -0.103. The van der Waals surface area contributed by atoms with Gasteiger partial charge in [-0.1, -0.05) is 147 Å². The average molecular weight is 795 g/mol. The zero-order valence-corrected chi connectivity index (χ0v) is 39.5. The first-order chi connectivity index (χ1) is 27.8. The smallest absolute Gasteiger partial charge is 0.297 e. The zero-order chi connectivity index (χ0) is 43.3. The molecule has 0 fully saturated rings. The lowest BCUT2D eigenvalue weighted by Crippen LogP contribution is -2.61. The Balaban J connectivity index is 1.43. The van der Waals surface area contributed by atoms with E-state index in [4.69, 9.17) is 4.42 Å². The maximum atomic E-state index is 7.51. The molecule has 2 aliphatic heterocycles. The molecule has 0 spiro atoms. The van der Waals surface area contributed by atoms with Crippen LogP contribution in [0.15, 0.2) is 95.4 Å². The molecule has 0 atom stereocenters. The van der Waals surface area contributed by atoms with Gasteiger partial charge >= 0.3 is 0 Å². The minimum Gasteiger partial charge on any atom is -0.468 e. The first-order valence-electron chi connectivity index (χ1n) is 22.5. The van der Waals surface area contributed by atoms with Crippen LogP contribution in [0.5, 0.6) is 0 Å². The predicted molar refractivity (Wildman–Crippen MR) is 260 cm³/mol. The SMILES string of the molecule is CC(C)(C)c1ccc(N2c3ccc(C(C)(C)C)cc3B3c4oc5cc6c(cc5c4N(c4ccc(C(C)(C)C)cc4)c4cc(C(C)(C)C)cc2c43)C(C)(C)CCC6(C)C)cc1. The molecule has 0 amide bonds. The molecule has 0 saturated carbocycles. The fraction of sp³-hybridized carbons (Fsp3) is 0.429. The second-order valence-electron chi connectivity index (χ2n) is 23.9. The molecule has 0 radical (unpaired) electrons. The molecule has 310 valence electrons. The maximum absolute atomic E-state index is 7.51. The number of anilines is 6. The van der Waals surface area contributed by atoms with Gasteiger partial charge in [-0.2, -0.15) is 0 Å². The van der Waals surface area contributed by atoms with Gasteiger partial charge in [-0.05, 0) is 144 Å². The quantitative estimate of drug-likeness (QED) is 0.163. The second-order valence-corrected chi connectivity index (χ2v) is 23.9. The molecule has 6 aromatic rings. The normalized spacial score (nSPS) is 17.0. The molecule has 60 heavy (non-hydrogen) atoms. The molecule has 5 aromatic carbocycles. The average Bonchev–Trinajstić information content (AvgIpc) is 3.53. The first-order valence-corrected chi connectivity index (χ1v) is 22.5. The van der Waals surface area contributed by atoms with E-state index in [2.05, 4.69) is 212 Å². The van der Waals surface area contributed by atoms with Crippen LogP contribution in [0.25, 0.3) is 11.0 Å². The lowest BCUT2D eigenvalue weighted by molar-refractivity contribution is 0.332. The third-order valence-corrected chi connectivity index (χ3v) is 14.3. The van der Waals surface area contributed by atoms with E-state index in [1.165, 1.54) is 78.1 Å². The van der Waals surface area contributed by atoms with E-state index in [-0.39, 0.29) is 39.2 Å². The summed E-state index contributed by atoms with van der Waals surface area (Å²) < 4.78 is 7.51. The van der Waals surface area contributed by atoms with Crippen LogP contribution in [0.1, 0.15) is 157 Å². The van der Waals surface area contributed by atoms with Crippen molar-refractivity contribution in [2.24, 2.45) is 0 Å². The molecular weight excluding hydrogens is 727 g/mol. The van der Waals surface area contributed by atoms with Gasteiger partial charge in [0.25, 0.3) is 6.71 Å². The monoisotopic (exact) mass is 795 g/mol. The van der Waals surface area contributed by atoms with E-state index in [0.29, 0.717) is 0 Å².